The molecule has 0 radical (unpaired) electrons. The van der Waals surface area contributed by atoms with Crippen molar-refractivity contribution in [3.8, 4) is 0 Å². The molecule has 2 aromatic carbocycles. The van der Waals surface area contributed by atoms with Crippen LogP contribution in [-0.2, 0) is 4.79 Å². The maximum Gasteiger partial charge on any atom is 0.251 e. The molecule has 0 aliphatic rings. The molecule has 0 bridgehead atoms. The first-order valence-electron chi connectivity index (χ1n) is 7.74. The maximum absolute atomic E-state index is 12.0. The van der Waals surface area contributed by atoms with Gasteiger partial charge < -0.3 is 16.0 Å². The summed E-state index contributed by atoms with van der Waals surface area (Å²) >= 11 is 11.8. The fourth-order valence-corrected chi connectivity index (χ4v) is 2.62. The van der Waals surface area contributed by atoms with Gasteiger partial charge in [0.25, 0.3) is 5.91 Å². The highest BCUT2D eigenvalue weighted by Gasteiger charge is 2.08. The minimum absolute atomic E-state index is 0.0618. The molecule has 7 heteroatoms. The monoisotopic (exact) mass is 379 g/mol. The van der Waals surface area contributed by atoms with Crippen molar-refractivity contribution in [3.63, 3.8) is 0 Å². The van der Waals surface area contributed by atoms with E-state index in [1.54, 1.807) is 42.5 Å². The van der Waals surface area contributed by atoms with Crippen molar-refractivity contribution in [2.24, 2.45) is 0 Å². The molecular weight excluding hydrogens is 361 g/mol. The molecule has 0 aromatic heterocycles. The third-order valence-electron chi connectivity index (χ3n) is 3.17. The van der Waals surface area contributed by atoms with E-state index in [4.69, 9.17) is 23.2 Å². The standard InChI is InChI=1S/C18H19Cl2N3O2/c1-11(2)22-18(25)12-3-5-15(6-4-12)23-17(24)10-21-16-8-13(19)7-14(20)9-16/h3-9,11,21H,10H2,1-2H3,(H,22,25)(H,23,24). The fraction of sp³-hybridized carbons (Fsp3) is 0.222. The van der Waals surface area contributed by atoms with Crippen LogP contribution in [0.15, 0.2) is 42.5 Å². The van der Waals surface area contributed by atoms with Crippen LogP contribution in [0.3, 0.4) is 0 Å². The molecule has 0 saturated heterocycles. The van der Waals surface area contributed by atoms with Crippen molar-refractivity contribution in [1.29, 1.82) is 0 Å². The summed E-state index contributed by atoms with van der Waals surface area (Å²) in [4.78, 5) is 23.9. The molecule has 0 aliphatic heterocycles. The largest absolute Gasteiger partial charge is 0.376 e. The number of rotatable bonds is 6. The molecule has 0 heterocycles. The lowest BCUT2D eigenvalue weighted by Crippen LogP contribution is -2.30. The average molecular weight is 380 g/mol. The number of nitrogens with one attached hydrogen (secondary N) is 3. The molecule has 0 unspecified atom stereocenters. The zero-order valence-electron chi connectivity index (χ0n) is 13.9. The van der Waals surface area contributed by atoms with Crippen molar-refractivity contribution in [3.05, 3.63) is 58.1 Å². The molecule has 2 amide bonds. The van der Waals surface area contributed by atoms with E-state index in [2.05, 4.69) is 16.0 Å². The summed E-state index contributed by atoms with van der Waals surface area (Å²) in [5.41, 5.74) is 1.81. The minimum atomic E-state index is -0.226. The van der Waals surface area contributed by atoms with Gasteiger partial charge in [0.15, 0.2) is 0 Å². The van der Waals surface area contributed by atoms with Gasteiger partial charge in [0.2, 0.25) is 5.91 Å². The van der Waals surface area contributed by atoms with Crippen LogP contribution in [-0.4, -0.2) is 24.4 Å². The highest BCUT2D eigenvalue weighted by Crippen LogP contribution is 2.22. The third kappa shape index (κ3) is 6.29. The Bertz CT molecular complexity index is 741. The van der Waals surface area contributed by atoms with E-state index >= 15 is 0 Å². The molecule has 25 heavy (non-hydrogen) atoms. The van der Waals surface area contributed by atoms with Crippen LogP contribution in [0.25, 0.3) is 0 Å². The lowest BCUT2D eigenvalue weighted by molar-refractivity contribution is -0.114. The van der Waals surface area contributed by atoms with Gasteiger partial charge in [0, 0.05) is 33.0 Å². The Morgan fingerprint density at radius 3 is 2.12 bits per heavy atom. The molecule has 0 aliphatic carbocycles. The van der Waals surface area contributed by atoms with Gasteiger partial charge in [-0.3, -0.25) is 9.59 Å². The second kappa shape index (κ2) is 8.74. The van der Waals surface area contributed by atoms with E-state index in [1.165, 1.54) is 0 Å². The van der Waals surface area contributed by atoms with E-state index in [1.807, 2.05) is 13.8 Å². The minimum Gasteiger partial charge on any atom is -0.376 e. The van der Waals surface area contributed by atoms with Gasteiger partial charge in [-0.1, -0.05) is 23.2 Å². The number of hydrogen-bond donors (Lipinski definition) is 3. The normalized spacial score (nSPS) is 10.4. The Morgan fingerprint density at radius 1 is 0.960 bits per heavy atom. The SMILES string of the molecule is CC(C)NC(=O)c1ccc(NC(=O)CNc2cc(Cl)cc(Cl)c2)cc1. The Hall–Kier alpha value is -2.24. The van der Waals surface area contributed by atoms with Crippen molar-refractivity contribution >= 4 is 46.4 Å². The second-order valence-electron chi connectivity index (χ2n) is 5.77. The maximum atomic E-state index is 12.0. The number of halogens is 2. The molecule has 2 aromatic rings. The number of carbonyl (C=O) groups excluding carboxylic acids is 2. The first-order valence-corrected chi connectivity index (χ1v) is 8.50. The number of amides is 2. The lowest BCUT2D eigenvalue weighted by Gasteiger charge is -2.10. The summed E-state index contributed by atoms with van der Waals surface area (Å²) in [5.74, 6) is -0.372. The Kier molecular flexibility index (Phi) is 6.67. The van der Waals surface area contributed by atoms with E-state index in [-0.39, 0.29) is 24.4 Å². The summed E-state index contributed by atoms with van der Waals surface area (Å²) in [5, 5.41) is 9.49. The molecule has 5 nitrogen and oxygen atoms in total. The molecular formula is C18H19Cl2N3O2. The Labute approximate surface area is 156 Å². The predicted octanol–water partition coefficient (Wildman–Crippen LogP) is 4.18. The van der Waals surface area contributed by atoms with Crippen LogP contribution in [0.2, 0.25) is 10.0 Å². The summed E-state index contributed by atoms with van der Waals surface area (Å²) in [7, 11) is 0. The molecule has 3 N–H and O–H groups in total. The van der Waals surface area contributed by atoms with Crippen LogP contribution in [0.5, 0.6) is 0 Å². The summed E-state index contributed by atoms with van der Waals surface area (Å²) in [6.07, 6.45) is 0. The van der Waals surface area contributed by atoms with Gasteiger partial charge in [-0.2, -0.15) is 0 Å². The van der Waals surface area contributed by atoms with Gasteiger partial charge in [-0.15, -0.1) is 0 Å². The van der Waals surface area contributed by atoms with Crippen molar-refractivity contribution in [1.82, 2.24) is 5.32 Å². The topological polar surface area (TPSA) is 70.2 Å². The highest BCUT2D eigenvalue weighted by molar-refractivity contribution is 6.35. The Morgan fingerprint density at radius 2 is 1.56 bits per heavy atom. The predicted molar refractivity (Wildman–Crippen MR) is 103 cm³/mol. The third-order valence-corrected chi connectivity index (χ3v) is 3.60. The number of benzene rings is 2. The Balaban J connectivity index is 1.89. The van der Waals surface area contributed by atoms with E-state index in [9.17, 15) is 9.59 Å². The van der Waals surface area contributed by atoms with E-state index in [0.717, 1.165) is 0 Å². The number of hydrogen-bond acceptors (Lipinski definition) is 3. The molecule has 0 spiro atoms. The van der Waals surface area contributed by atoms with Gasteiger partial charge in [-0.25, -0.2) is 0 Å². The second-order valence-corrected chi connectivity index (χ2v) is 6.64. The zero-order valence-corrected chi connectivity index (χ0v) is 15.4. The van der Waals surface area contributed by atoms with Gasteiger partial charge in [-0.05, 0) is 56.3 Å². The summed E-state index contributed by atoms with van der Waals surface area (Å²) in [6, 6.07) is 11.7. The zero-order chi connectivity index (χ0) is 18.4. The average Bonchev–Trinajstić information content (AvgIpc) is 2.52. The molecule has 0 atom stereocenters. The van der Waals surface area contributed by atoms with Crippen LogP contribution < -0.4 is 16.0 Å². The molecule has 0 saturated carbocycles. The van der Waals surface area contributed by atoms with Crippen LogP contribution >= 0.6 is 23.2 Å². The van der Waals surface area contributed by atoms with Crippen LogP contribution in [0, 0.1) is 0 Å². The van der Waals surface area contributed by atoms with Crippen molar-refractivity contribution in [2.45, 2.75) is 19.9 Å². The van der Waals surface area contributed by atoms with E-state index < -0.39 is 0 Å². The first kappa shape index (κ1) is 19.1. The fourth-order valence-electron chi connectivity index (χ4n) is 2.09. The van der Waals surface area contributed by atoms with Crippen LogP contribution in [0.4, 0.5) is 11.4 Å². The molecule has 0 fully saturated rings. The summed E-state index contributed by atoms with van der Waals surface area (Å²) < 4.78 is 0. The van der Waals surface area contributed by atoms with Gasteiger partial charge >= 0.3 is 0 Å². The van der Waals surface area contributed by atoms with Crippen molar-refractivity contribution < 1.29 is 9.59 Å². The summed E-state index contributed by atoms with van der Waals surface area (Å²) in [6.45, 7) is 3.85. The van der Waals surface area contributed by atoms with Gasteiger partial charge in [0.1, 0.15) is 0 Å². The van der Waals surface area contributed by atoms with Gasteiger partial charge in [0.05, 0.1) is 6.54 Å². The number of anilines is 2. The highest BCUT2D eigenvalue weighted by atomic mass is 35.5. The quantitative estimate of drug-likeness (QED) is 0.704. The molecule has 2 rings (SSSR count). The molecule has 132 valence electrons. The van der Waals surface area contributed by atoms with Crippen LogP contribution in [0.1, 0.15) is 24.2 Å². The van der Waals surface area contributed by atoms with Crippen molar-refractivity contribution in [2.75, 3.05) is 17.2 Å². The first-order chi connectivity index (χ1) is 11.8. The smallest absolute Gasteiger partial charge is 0.251 e. The van der Waals surface area contributed by atoms with E-state index in [0.29, 0.717) is 27.0 Å². The number of carbonyl (C=O) groups is 2. The lowest BCUT2D eigenvalue weighted by atomic mass is 10.2.